The van der Waals surface area contributed by atoms with Gasteiger partial charge in [-0.2, -0.15) is 5.26 Å². The largest absolute Gasteiger partial charge is 0.383 e. The number of hydrogen-bond donors (Lipinski definition) is 1. The molecular weight excluding hydrogens is 376 g/mol. The summed E-state index contributed by atoms with van der Waals surface area (Å²) in [5.74, 6) is -1.62. The van der Waals surface area contributed by atoms with E-state index < -0.39 is 11.6 Å². The number of anilines is 1. The summed E-state index contributed by atoms with van der Waals surface area (Å²) in [5, 5.41) is 9.60. The van der Waals surface area contributed by atoms with Crippen molar-refractivity contribution in [3.8, 4) is 17.2 Å². The first-order valence-corrected chi connectivity index (χ1v) is 8.85. The monoisotopic (exact) mass is 391 g/mol. The predicted octanol–water partition coefficient (Wildman–Crippen LogP) is 3.07. The van der Waals surface area contributed by atoms with Crippen LogP contribution in [-0.2, 0) is 13.0 Å². The zero-order valence-electron chi connectivity index (χ0n) is 15.2. The summed E-state index contributed by atoms with van der Waals surface area (Å²) in [6, 6.07) is 8.28. The highest BCUT2D eigenvalue weighted by molar-refractivity contribution is 5.94. The molecule has 1 amide bonds. The van der Waals surface area contributed by atoms with E-state index in [0.717, 1.165) is 18.2 Å². The van der Waals surface area contributed by atoms with Crippen LogP contribution in [0.3, 0.4) is 0 Å². The molecule has 1 aliphatic heterocycles. The molecule has 2 N–H and O–H groups in total. The van der Waals surface area contributed by atoms with E-state index in [4.69, 9.17) is 5.73 Å². The number of carbonyl (C=O) groups excluding carboxylic acids is 1. The molecule has 1 aliphatic rings. The Morgan fingerprint density at radius 2 is 2.10 bits per heavy atom. The van der Waals surface area contributed by atoms with Gasteiger partial charge >= 0.3 is 0 Å². The predicted molar refractivity (Wildman–Crippen MR) is 101 cm³/mol. The lowest BCUT2D eigenvalue weighted by Gasteiger charge is -2.30. The third kappa shape index (κ3) is 3.27. The average molecular weight is 391 g/mol. The lowest BCUT2D eigenvalue weighted by molar-refractivity contribution is 0.0733. The minimum atomic E-state index is -0.689. The van der Waals surface area contributed by atoms with Gasteiger partial charge in [-0.1, -0.05) is 0 Å². The van der Waals surface area contributed by atoms with E-state index >= 15 is 0 Å². The minimum absolute atomic E-state index is 0.0380. The molecule has 3 aromatic rings. The molecule has 1 aromatic carbocycles. The van der Waals surface area contributed by atoms with E-state index in [9.17, 15) is 18.8 Å². The van der Waals surface area contributed by atoms with Crippen molar-refractivity contribution in [2.45, 2.75) is 13.0 Å². The van der Waals surface area contributed by atoms with Crippen molar-refractivity contribution in [3.63, 3.8) is 0 Å². The summed E-state index contributed by atoms with van der Waals surface area (Å²) in [5.41, 5.74) is 7.46. The van der Waals surface area contributed by atoms with Crippen LogP contribution in [0, 0.1) is 23.0 Å². The molecule has 29 heavy (non-hydrogen) atoms. The van der Waals surface area contributed by atoms with Gasteiger partial charge in [0.25, 0.3) is 5.91 Å². The topological polar surface area (TPSA) is 95.9 Å². The van der Waals surface area contributed by atoms with Crippen LogP contribution >= 0.6 is 0 Å². The second kappa shape index (κ2) is 7.28. The number of amides is 1. The Balaban J connectivity index is 1.86. The van der Waals surface area contributed by atoms with E-state index in [0.29, 0.717) is 29.8 Å². The van der Waals surface area contributed by atoms with Gasteiger partial charge in [0.2, 0.25) is 0 Å². The van der Waals surface area contributed by atoms with Gasteiger partial charge in [0, 0.05) is 48.6 Å². The van der Waals surface area contributed by atoms with Gasteiger partial charge in [-0.25, -0.2) is 13.8 Å². The van der Waals surface area contributed by atoms with Crippen LogP contribution < -0.4 is 5.73 Å². The molecule has 4 rings (SSSR count). The summed E-state index contributed by atoms with van der Waals surface area (Å²) < 4.78 is 28.4. The third-order valence-electron chi connectivity index (χ3n) is 4.88. The minimum Gasteiger partial charge on any atom is -0.383 e. The highest BCUT2D eigenvalue weighted by Gasteiger charge is 2.29. The van der Waals surface area contributed by atoms with Crippen LogP contribution in [0.4, 0.5) is 14.6 Å². The number of halogens is 2. The molecule has 144 valence electrons. The Labute approximate surface area is 165 Å². The Hall–Kier alpha value is -3.86. The molecule has 8 heteroatoms. The first-order chi connectivity index (χ1) is 14.0. The fourth-order valence-electron chi connectivity index (χ4n) is 3.52. The Kier molecular flexibility index (Phi) is 4.64. The molecule has 0 bridgehead atoms. The van der Waals surface area contributed by atoms with Crippen molar-refractivity contribution in [2.24, 2.45) is 0 Å². The van der Waals surface area contributed by atoms with Gasteiger partial charge in [-0.15, -0.1) is 0 Å². The van der Waals surface area contributed by atoms with Gasteiger partial charge in [0.15, 0.2) is 0 Å². The first-order valence-electron chi connectivity index (χ1n) is 8.85. The Morgan fingerprint density at radius 3 is 2.83 bits per heavy atom. The number of rotatable bonds is 2. The summed E-state index contributed by atoms with van der Waals surface area (Å²) in [7, 11) is 0. The molecule has 0 saturated heterocycles. The zero-order chi connectivity index (χ0) is 20.5. The molecule has 0 atom stereocenters. The number of nitriles is 1. The molecule has 6 nitrogen and oxygen atoms in total. The van der Waals surface area contributed by atoms with Gasteiger partial charge < -0.3 is 10.6 Å². The van der Waals surface area contributed by atoms with Crippen molar-refractivity contribution in [3.05, 3.63) is 76.7 Å². The maximum atomic E-state index is 14.6. The molecule has 0 aliphatic carbocycles. The first kappa shape index (κ1) is 18.5. The fourth-order valence-corrected chi connectivity index (χ4v) is 3.52. The van der Waals surface area contributed by atoms with Crippen LogP contribution in [0.15, 0.2) is 42.7 Å². The van der Waals surface area contributed by atoms with Gasteiger partial charge in [-0.05, 0) is 30.3 Å². The van der Waals surface area contributed by atoms with Gasteiger partial charge in [0.1, 0.15) is 29.1 Å². The molecule has 0 saturated carbocycles. The second-order valence-corrected chi connectivity index (χ2v) is 6.63. The number of nitrogens with two attached hydrogens (primary N) is 1. The van der Waals surface area contributed by atoms with E-state index in [1.807, 2.05) is 6.07 Å². The smallest absolute Gasteiger partial charge is 0.255 e. The molecular formula is C21H15F2N5O. The zero-order valence-corrected chi connectivity index (χ0v) is 15.2. The van der Waals surface area contributed by atoms with Crippen LogP contribution in [0.5, 0.6) is 0 Å². The number of pyridine rings is 2. The molecule has 0 spiro atoms. The van der Waals surface area contributed by atoms with Crippen LogP contribution in [0.1, 0.15) is 27.2 Å². The normalized spacial score (nSPS) is 12.9. The second-order valence-electron chi connectivity index (χ2n) is 6.63. The summed E-state index contributed by atoms with van der Waals surface area (Å²) in [4.78, 5) is 22.6. The third-order valence-corrected chi connectivity index (χ3v) is 4.88. The molecule has 0 radical (unpaired) electrons. The van der Waals surface area contributed by atoms with Crippen LogP contribution in [0.2, 0.25) is 0 Å². The lowest BCUT2D eigenvalue weighted by Crippen LogP contribution is -2.37. The molecule has 0 fully saturated rings. The Bertz CT molecular complexity index is 1160. The van der Waals surface area contributed by atoms with E-state index in [-0.39, 0.29) is 35.0 Å². The maximum absolute atomic E-state index is 14.6. The number of aromatic nitrogens is 2. The summed E-state index contributed by atoms with van der Waals surface area (Å²) in [6.07, 6.45) is 3.41. The standard InChI is InChI=1S/C21H15F2N5O/c22-13-3-4-17(23)14(8-13)19-15(9-24)20(25)27-18-5-7-28(11-16(18)19)21(29)12-2-1-6-26-10-12/h1-4,6,8,10H,5,7,11H2,(H2,25,27). The summed E-state index contributed by atoms with van der Waals surface area (Å²) >= 11 is 0. The van der Waals surface area contributed by atoms with Crippen LogP contribution in [-0.4, -0.2) is 27.3 Å². The average Bonchev–Trinajstić information content (AvgIpc) is 2.74. The van der Waals surface area contributed by atoms with E-state index in [2.05, 4.69) is 9.97 Å². The molecule has 0 unspecified atom stereocenters. The highest BCUT2D eigenvalue weighted by Crippen LogP contribution is 2.37. The number of nitrogen functional groups attached to an aromatic ring is 1. The van der Waals surface area contributed by atoms with E-state index in [1.165, 1.54) is 6.20 Å². The number of benzene rings is 1. The number of carbonyl (C=O) groups is 1. The summed E-state index contributed by atoms with van der Waals surface area (Å²) in [6.45, 7) is 0.473. The quantitative estimate of drug-likeness (QED) is 0.724. The lowest BCUT2D eigenvalue weighted by atomic mass is 9.90. The maximum Gasteiger partial charge on any atom is 0.255 e. The van der Waals surface area contributed by atoms with Gasteiger partial charge in [0.05, 0.1) is 11.3 Å². The molecule has 2 aromatic heterocycles. The fraction of sp³-hybridized carbons (Fsp3) is 0.143. The van der Waals surface area contributed by atoms with Crippen molar-refractivity contribution < 1.29 is 13.6 Å². The van der Waals surface area contributed by atoms with E-state index in [1.54, 1.807) is 23.2 Å². The Morgan fingerprint density at radius 1 is 1.28 bits per heavy atom. The highest BCUT2D eigenvalue weighted by atomic mass is 19.1. The van der Waals surface area contributed by atoms with Crippen molar-refractivity contribution >= 4 is 11.7 Å². The van der Waals surface area contributed by atoms with Crippen molar-refractivity contribution in [1.82, 2.24) is 14.9 Å². The number of fused-ring (bicyclic) bond motifs is 1. The number of nitrogens with zero attached hydrogens (tertiary/aromatic N) is 4. The SMILES string of the molecule is N#Cc1c(N)nc2c(c1-c1cc(F)ccc1F)CN(C(=O)c1cccnc1)CC2. The van der Waals surface area contributed by atoms with Crippen molar-refractivity contribution in [2.75, 3.05) is 12.3 Å². The number of hydrogen-bond acceptors (Lipinski definition) is 5. The molecule has 3 heterocycles. The van der Waals surface area contributed by atoms with Crippen LogP contribution in [0.25, 0.3) is 11.1 Å². The van der Waals surface area contributed by atoms with Gasteiger partial charge in [-0.3, -0.25) is 9.78 Å². The van der Waals surface area contributed by atoms with Crippen molar-refractivity contribution in [1.29, 1.82) is 5.26 Å².